The lowest BCUT2D eigenvalue weighted by Gasteiger charge is -2.02. The summed E-state index contributed by atoms with van der Waals surface area (Å²) < 4.78 is 0. The Morgan fingerprint density at radius 1 is 0.826 bits per heavy atom. The molecule has 2 aromatic rings. The summed E-state index contributed by atoms with van der Waals surface area (Å²) in [5, 5.41) is 2.39. The fourth-order valence-electron chi connectivity index (χ4n) is 3.09. The first-order chi connectivity index (χ1) is 11.2. The van der Waals surface area contributed by atoms with Gasteiger partial charge in [-0.15, -0.1) is 22.7 Å². The Balaban J connectivity index is 1.96. The van der Waals surface area contributed by atoms with Crippen LogP contribution in [0.2, 0.25) is 0 Å². The predicted molar refractivity (Wildman–Crippen MR) is 108 cm³/mol. The van der Waals surface area contributed by atoms with Crippen molar-refractivity contribution in [3.8, 4) is 9.75 Å². The summed E-state index contributed by atoms with van der Waals surface area (Å²) in [6.07, 6.45) is 13.3. The summed E-state index contributed by atoms with van der Waals surface area (Å²) in [4.78, 5) is 4.51. The maximum atomic E-state index is 2.46. The molecule has 2 heterocycles. The second-order valence-electron chi connectivity index (χ2n) is 6.65. The normalized spacial score (nSPS) is 11.3. The molecule has 0 aliphatic rings. The number of rotatable bonds is 11. The van der Waals surface area contributed by atoms with Gasteiger partial charge in [0.25, 0.3) is 0 Å². The molecule has 128 valence electrons. The Bertz CT molecular complexity index is 562. The smallest absolute Gasteiger partial charge is 0.0477 e. The minimum absolute atomic E-state index is 1.25. The van der Waals surface area contributed by atoms with Gasteiger partial charge in [0.15, 0.2) is 0 Å². The van der Waals surface area contributed by atoms with Crippen LogP contribution in [-0.4, -0.2) is 0 Å². The molecular weight excluding hydrogens is 316 g/mol. The highest BCUT2D eigenvalue weighted by Gasteiger charge is 2.11. The third-order valence-electron chi connectivity index (χ3n) is 4.43. The van der Waals surface area contributed by atoms with Crippen molar-refractivity contribution in [2.24, 2.45) is 0 Å². The predicted octanol–water partition coefficient (Wildman–Crippen LogP) is 8.03. The van der Waals surface area contributed by atoms with Crippen LogP contribution in [0, 0.1) is 6.92 Å². The summed E-state index contributed by atoms with van der Waals surface area (Å²) in [5.41, 5.74) is 3.13. The Kier molecular flexibility index (Phi) is 8.39. The van der Waals surface area contributed by atoms with Gasteiger partial charge in [-0.25, -0.2) is 0 Å². The third-order valence-corrected chi connectivity index (χ3v) is 6.68. The molecule has 0 nitrogen and oxygen atoms in total. The molecule has 2 heteroatoms. The lowest BCUT2D eigenvalue weighted by molar-refractivity contribution is 0.667. The molecule has 0 aliphatic heterocycles. The fraction of sp³-hybridized carbons (Fsp3) is 0.619. The monoisotopic (exact) mass is 348 g/mol. The lowest BCUT2D eigenvalue weighted by Crippen LogP contribution is -1.85. The van der Waals surface area contributed by atoms with Crippen molar-refractivity contribution in [1.29, 1.82) is 0 Å². The highest BCUT2D eigenvalue weighted by atomic mass is 32.1. The Hall–Kier alpha value is -0.600. The number of hydrogen-bond donors (Lipinski definition) is 0. The minimum Gasteiger partial charge on any atom is -0.143 e. The summed E-state index contributed by atoms with van der Waals surface area (Å²) in [7, 11) is 0. The quantitative estimate of drug-likeness (QED) is 0.360. The fourth-order valence-corrected chi connectivity index (χ4v) is 5.25. The second kappa shape index (κ2) is 10.3. The van der Waals surface area contributed by atoms with E-state index in [0.717, 1.165) is 0 Å². The van der Waals surface area contributed by atoms with Crippen molar-refractivity contribution in [3.63, 3.8) is 0 Å². The van der Waals surface area contributed by atoms with E-state index < -0.39 is 0 Å². The lowest BCUT2D eigenvalue weighted by atomic mass is 10.1. The minimum atomic E-state index is 1.25. The van der Waals surface area contributed by atoms with Gasteiger partial charge < -0.3 is 0 Å². The van der Waals surface area contributed by atoms with Gasteiger partial charge in [-0.05, 0) is 61.2 Å². The zero-order chi connectivity index (χ0) is 16.5. The Morgan fingerprint density at radius 2 is 1.52 bits per heavy atom. The summed E-state index contributed by atoms with van der Waals surface area (Å²) >= 11 is 3.94. The van der Waals surface area contributed by atoms with Crippen LogP contribution in [-0.2, 0) is 12.8 Å². The highest BCUT2D eigenvalue weighted by Crippen LogP contribution is 2.37. The van der Waals surface area contributed by atoms with Crippen LogP contribution in [0.25, 0.3) is 9.75 Å². The van der Waals surface area contributed by atoms with E-state index in [1.54, 1.807) is 16.0 Å². The van der Waals surface area contributed by atoms with Crippen molar-refractivity contribution in [2.45, 2.75) is 85.0 Å². The SMILES string of the molecule is CCCCCCc1csc(-c2sc(C)cc2CCCCCC)c1. The van der Waals surface area contributed by atoms with Crippen molar-refractivity contribution >= 4 is 22.7 Å². The molecular formula is C21H32S2. The van der Waals surface area contributed by atoms with Crippen LogP contribution in [0.1, 0.15) is 81.2 Å². The van der Waals surface area contributed by atoms with Gasteiger partial charge in [-0.3, -0.25) is 0 Å². The zero-order valence-electron chi connectivity index (χ0n) is 15.1. The van der Waals surface area contributed by atoms with E-state index >= 15 is 0 Å². The van der Waals surface area contributed by atoms with Crippen LogP contribution in [0.4, 0.5) is 0 Å². The number of thiophene rings is 2. The summed E-state index contributed by atoms with van der Waals surface area (Å²) in [6.45, 7) is 6.82. The van der Waals surface area contributed by atoms with E-state index in [1.165, 1.54) is 74.0 Å². The van der Waals surface area contributed by atoms with Gasteiger partial charge in [0, 0.05) is 14.6 Å². The van der Waals surface area contributed by atoms with Crippen molar-refractivity contribution in [1.82, 2.24) is 0 Å². The first-order valence-electron chi connectivity index (χ1n) is 9.41. The second-order valence-corrected chi connectivity index (χ2v) is 8.82. The van der Waals surface area contributed by atoms with Crippen LogP contribution in [0.3, 0.4) is 0 Å². The first-order valence-corrected chi connectivity index (χ1v) is 11.1. The molecule has 0 N–H and O–H groups in total. The van der Waals surface area contributed by atoms with Gasteiger partial charge >= 0.3 is 0 Å². The van der Waals surface area contributed by atoms with Gasteiger partial charge in [0.05, 0.1) is 0 Å². The Labute approximate surface area is 151 Å². The van der Waals surface area contributed by atoms with Crippen LogP contribution in [0.15, 0.2) is 17.5 Å². The zero-order valence-corrected chi connectivity index (χ0v) is 16.8. The maximum absolute atomic E-state index is 2.46. The standard InChI is InChI=1S/C21H32S2/c1-4-6-8-10-12-18-15-20(22-16-18)21-19(14-17(3)23-21)13-11-9-7-5-2/h14-16H,4-13H2,1-3H3. The van der Waals surface area contributed by atoms with E-state index in [9.17, 15) is 0 Å². The maximum Gasteiger partial charge on any atom is 0.0477 e. The Morgan fingerprint density at radius 3 is 2.22 bits per heavy atom. The largest absolute Gasteiger partial charge is 0.143 e. The third kappa shape index (κ3) is 6.08. The van der Waals surface area contributed by atoms with Crippen LogP contribution in [0.5, 0.6) is 0 Å². The van der Waals surface area contributed by atoms with E-state index in [0.29, 0.717) is 0 Å². The molecule has 0 aliphatic carbocycles. The molecule has 23 heavy (non-hydrogen) atoms. The molecule has 0 aromatic carbocycles. The number of aryl methyl sites for hydroxylation is 3. The number of hydrogen-bond acceptors (Lipinski definition) is 2. The molecule has 0 amide bonds. The topological polar surface area (TPSA) is 0 Å². The average Bonchev–Trinajstić information content (AvgIpc) is 3.14. The van der Waals surface area contributed by atoms with Crippen molar-refractivity contribution in [3.05, 3.63) is 33.5 Å². The molecule has 0 bridgehead atoms. The summed E-state index contributed by atoms with van der Waals surface area (Å²) in [6, 6.07) is 4.88. The van der Waals surface area contributed by atoms with E-state index in [-0.39, 0.29) is 0 Å². The first kappa shape index (κ1) is 18.7. The average molecular weight is 349 g/mol. The molecule has 0 spiro atoms. The molecule has 0 saturated carbocycles. The van der Waals surface area contributed by atoms with Crippen LogP contribution < -0.4 is 0 Å². The number of unbranched alkanes of at least 4 members (excludes halogenated alkanes) is 6. The van der Waals surface area contributed by atoms with Crippen molar-refractivity contribution < 1.29 is 0 Å². The van der Waals surface area contributed by atoms with E-state index in [1.807, 2.05) is 22.7 Å². The van der Waals surface area contributed by atoms with Gasteiger partial charge in [0.1, 0.15) is 0 Å². The molecule has 0 saturated heterocycles. The molecule has 2 aromatic heterocycles. The molecule has 0 unspecified atom stereocenters. The van der Waals surface area contributed by atoms with Crippen molar-refractivity contribution in [2.75, 3.05) is 0 Å². The van der Waals surface area contributed by atoms with E-state index in [4.69, 9.17) is 0 Å². The van der Waals surface area contributed by atoms with Gasteiger partial charge in [-0.2, -0.15) is 0 Å². The highest BCUT2D eigenvalue weighted by molar-refractivity contribution is 7.21. The van der Waals surface area contributed by atoms with Gasteiger partial charge in [-0.1, -0.05) is 52.4 Å². The molecule has 0 radical (unpaired) electrons. The van der Waals surface area contributed by atoms with Crippen LogP contribution >= 0.6 is 22.7 Å². The molecule has 2 rings (SSSR count). The van der Waals surface area contributed by atoms with E-state index in [2.05, 4.69) is 38.3 Å². The molecule has 0 atom stereocenters. The molecule has 0 fully saturated rings. The van der Waals surface area contributed by atoms with Gasteiger partial charge in [0.2, 0.25) is 0 Å². The summed E-state index contributed by atoms with van der Waals surface area (Å²) in [5.74, 6) is 0.